The van der Waals surface area contributed by atoms with E-state index in [-0.39, 0.29) is 0 Å². The van der Waals surface area contributed by atoms with Gasteiger partial charge in [0, 0.05) is 12.3 Å². The highest BCUT2D eigenvalue weighted by atomic mass is 32.2. The number of nitrogens with two attached hydrogens (primary N) is 1. The van der Waals surface area contributed by atoms with Crippen molar-refractivity contribution in [1.29, 1.82) is 0 Å². The lowest BCUT2D eigenvalue weighted by Crippen LogP contribution is -1.97. The van der Waals surface area contributed by atoms with Crippen molar-refractivity contribution >= 4 is 11.8 Å². The molecule has 0 fully saturated rings. The number of rotatable bonds is 4. The van der Waals surface area contributed by atoms with E-state index in [2.05, 4.69) is 32.0 Å². The first-order chi connectivity index (χ1) is 6.27. The van der Waals surface area contributed by atoms with Crippen molar-refractivity contribution in [3.8, 4) is 0 Å². The average Bonchev–Trinajstić information content (AvgIpc) is 2.16. The van der Waals surface area contributed by atoms with Gasteiger partial charge in [0.1, 0.15) is 0 Å². The van der Waals surface area contributed by atoms with Gasteiger partial charge < -0.3 is 5.73 Å². The number of aryl methyl sites for hydroxylation is 1. The molecule has 0 unspecified atom stereocenters. The van der Waals surface area contributed by atoms with Crippen LogP contribution in [0, 0.1) is 6.92 Å². The summed E-state index contributed by atoms with van der Waals surface area (Å²) in [6.07, 6.45) is 0. The van der Waals surface area contributed by atoms with E-state index in [1.54, 1.807) is 0 Å². The summed E-state index contributed by atoms with van der Waals surface area (Å²) >= 11 is 1.96. The van der Waals surface area contributed by atoms with Gasteiger partial charge in [0.05, 0.1) is 0 Å². The van der Waals surface area contributed by atoms with E-state index < -0.39 is 0 Å². The van der Waals surface area contributed by atoms with Crippen molar-refractivity contribution in [2.75, 3.05) is 5.75 Å². The van der Waals surface area contributed by atoms with Crippen LogP contribution in [0.4, 0.5) is 0 Å². The first-order valence-electron chi connectivity index (χ1n) is 4.64. The second kappa shape index (κ2) is 5.30. The first kappa shape index (κ1) is 10.6. The first-order valence-corrected chi connectivity index (χ1v) is 5.79. The fourth-order valence-corrected chi connectivity index (χ4v) is 2.01. The van der Waals surface area contributed by atoms with E-state index in [9.17, 15) is 0 Å². The van der Waals surface area contributed by atoms with E-state index in [0.717, 1.165) is 5.75 Å². The molecule has 0 aliphatic heterocycles. The van der Waals surface area contributed by atoms with Crippen LogP contribution in [0.25, 0.3) is 0 Å². The Kier molecular flexibility index (Phi) is 4.33. The highest BCUT2D eigenvalue weighted by molar-refractivity contribution is 7.98. The third-order valence-electron chi connectivity index (χ3n) is 2.10. The number of hydrogen-bond donors (Lipinski definition) is 1. The zero-order valence-corrected chi connectivity index (χ0v) is 9.16. The molecule has 0 amide bonds. The molecule has 0 radical (unpaired) electrons. The van der Waals surface area contributed by atoms with Gasteiger partial charge in [-0.05, 0) is 29.4 Å². The summed E-state index contributed by atoms with van der Waals surface area (Å²) < 4.78 is 0. The molecular formula is C11H17NS. The molecule has 1 nitrogen and oxygen atoms in total. The van der Waals surface area contributed by atoms with Crippen molar-refractivity contribution in [1.82, 2.24) is 0 Å². The Labute approximate surface area is 84.7 Å². The Morgan fingerprint density at radius 2 is 2.15 bits per heavy atom. The molecule has 0 atom stereocenters. The molecular weight excluding hydrogens is 178 g/mol. The van der Waals surface area contributed by atoms with Crippen LogP contribution >= 0.6 is 11.8 Å². The van der Waals surface area contributed by atoms with E-state index in [1.807, 2.05) is 11.8 Å². The molecule has 72 valence electrons. The van der Waals surface area contributed by atoms with Crippen LogP contribution in [0.2, 0.25) is 0 Å². The van der Waals surface area contributed by atoms with Gasteiger partial charge in [-0.25, -0.2) is 0 Å². The van der Waals surface area contributed by atoms with Gasteiger partial charge in [0.15, 0.2) is 0 Å². The minimum absolute atomic E-state index is 0.641. The van der Waals surface area contributed by atoms with Gasteiger partial charge >= 0.3 is 0 Å². The quantitative estimate of drug-likeness (QED) is 0.799. The summed E-state index contributed by atoms with van der Waals surface area (Å²) in [5.41, 5.74) is 9.59. The molecule has 0 aliphatic carbocycles. The van der Waals surface area contributed by atoms with Crippen LogP contribution in [0.1, 0.15) is 23.6 Å². The van der Waals surface area contributed by atoms with Crippen LogP contribution < -0.4 is 5.73 Å². The molecule has 2 N–H and O–H groups in total. The van der Waals surface area contributed by atoms with Gasteiger partial charge in [-0.1, -0.05) is 25.1 Å². The van der Waals surface area contributed by atoms with Crippen LogP contribution in [-0.4, -0.2) is 5.75 Å². The van der Waals surface area contributed by atoms with Crippen LogP contribution in [0.5, 0.6) is 0 Å². The van der Waals surface area contributed by atoms with Crippen LogP contribution in [0.3, 0.4) is 0 Å². The molecule has 0 saturated heterocycles. The lowest BCUT2D eigenvalue weighted by molar-refractivity contribution is 1.06. The Bertz CT molecular complexity index is 271. The van der Waals surface area contributed by atoms with Crippen LogP contribution in [0.15, 0.2) is 18.2 Å². The second-order valence-corrected chi connectivity index (χ2v) is 4.38. The molecule has 13 heavy (non-hydrogen) atoms. The maximum absolute atomic E-state index is 5.56. The zero-order valence-electron chi connectivity index (χ0n) is 8.34. The maximum atomic E-state index is 5.56. The fraction of sp³-hybridized carbons (Fsp3) is 0.455. The fourth-order valence-electron chi connectivity index (χ4n) is 1.26. The molecule has 0 spiro atoms. The predicted octanol–water partition coefficient (Wildman–Crippen LogP) is 2.71. The predicted molar refractivity (Wildman–Crippen MR) is 60.9 cm³/mol. The normalized spacial score (nSPS) is 10.4. The summed E-state index contributed by atoms with van der Waals surface area (Å²) in [5, 5.41) is 0. The van der Waals surface area contributed by atoms with Gasteiger partial charge in [-0.2, -0.15) is 11.8 Å². The van der Waals surface area contributed by atoms with Crippen LogP contribution in [-0.2, 0) is 12.3 Å². The van der Waals surface area contributed by atoms with Crippen molar-refractivity contribution in [3.63, 3.8) is 0 Å². The standard InChI is InChI=1S/C11H17NS/c1-3-13-8-11-5-4-10(7-12)6-9(11)2/h4-6H,3,7-8,12H2,1-2H3. The van der Waals surface area contributed by atoms with E-state index in [4.69, 9.17) is 5.73 Å². The number of thioether (sulfide) groups is 1. The van der Waals surface area contributed by atoms with E-state index in [1.165, 1.54) is 22.4 Å². The van der Waals surface area contributed by atoms with Crippen molar-refractivity contribution in [2.45, 2.75) is 26.1 Å². The molecule has 0 heterocycles. The second-order valence-electron chi connectivity index (χ2n) is 3.10. The highest BCUT2D eigenvalue weighted by Crippen LogP contribution is 2.17. The maximum Gasteiger partial charge on any atom is 0.0187 e. The lowest BCUT2D eigenvalue weighted by Gasteiger charge is -2.06. The number of benzene rings is 1. The Balaban J connectivity index is 2.73. The summed E-state index contributed by atoms with van der Waals surface area (Å²) in [6.45, 7) is 4.99. The summed E-state index contributed by atoms with van der Waals surface area (Å²) in [5.74, 6) is 2.30. The molecule has 2 heteroatoms. The van der Waals surface area contributed by atoms with Gasteiger partial charge in [-0.15, -0.1) is 0 Å². The molecule has 1 aromatic rings. The largest absolute Gasteiger partial charge is 0.326 e. The Morgan fingerprint density at radius 3 is 2.69 bits per heavy atom. The summed E-state index contributed by atoms with van der Waals surface area (Å²) in [6, 6.07) is 6.50. The molecule has 1 rings (SSSR count). The number of hydrogen-bond acceptors (Lipinski definition) is 2. The third-order valence-corrected chi connectivity index (χ3v) is 3.03. The average molecular weight is 195 g/mol. The molecule has 0 bridgehead atoms. The molecule has 0 saturated carbocycles. The van der Waals surface area contributed by atoms with Crippen molar-refractivity contribution in [3.05, 3.63) is 34.9 Å². The molecule has 0 aliphatic rings. The minimum Gasteiger partial charge on any atom is -0.326 e. The third kappa shape index (κ3) is 3.05. The van der Waals surface area contributed by atoms with Gasteiger partial charge in [-0.3, -0.25) is 0 Å². The van der Waals surface area contributed by atoms with Gasteiger partial charge in [0.25, 0.3) is 0 Å². The summed E-state index contributed by atoms with van der Waals surface area (Å²) in [7, 11) is 0. The zero-order chi connectivity index (χ0) is 9.68. The van der Waals surface area contributed by atoms with Gasteiger partial charge in [0.2, 0.25) is 0 Å². The Hall–Kier alpha value is -0.470. The highest BCUT2D eigenvalue weighted by Gasteiger charge is 1.98. The van der Waals surface area contributed by atoms with E-state index >= 15 is 0 Å². The topological polar surface area (TPSA) is 26.0 Å². The minimum atomic E-state index is 0.641. The SMILES string of the molecule is CCSCc1ccc(CN)cc1C. The smallest absolute Gasteiger partial charge is 0.0187 e. The molecule has 1 aromatic carbocycles. The van der Waals surface area contributed by atoms with E-state index in [0.29, 0.717) is 6.54 Å². The van der Waals surface area contributed by atoms with Crippen molar-refractivity contribution in [2.24, 2.45) is 5.73 Å². The monoisotopic (exact) mass is 195 g/mol. The summed E-state index contributed by atoms with van der Waals surface area (Å²) in [4.78, 5) is 0. The Morgan fingerprint density at radius 1 is 1.38 bits per heavy atom. The molecule has 0 aromatic heterocycles. The lowest BCUT2D eigenvalue weighted by atomic mass is 10.1. The van der Waals surface area contributed by atoms with Crippen molar-refractivity contribution < 1.29 is 0 Å².